The Bertz CT molecular complexity index is 695. The third-order valence-corrected chi connectivity index (χ3v) is 6.49. The van der Waals surface area contributed by atoms with E-state index >= 15 is 0 Å². The summed E-state index contributed by atoms with van der Waals surface area (Å²) in [4.78, 5) is 0. The van der Waals surface area contributed by atoms with E-state index in [2.05, 4.69) is 20.7 Å². The van der Waals surface area contributed by atoms with Crippen molar-refractivity contribution in [3.63, 3.8) is 0 Å². The zero-order valence-corrected chi connectivity index (χ0v) is 14.9. The monoisotopic (exact) mass is 389 g/mol. The highest BCUT2D eigenvalue weighted by Crippen LogP contribution is 2.27. The zero-order chi connectivity index (χ0) is 15.5. The standard InChI is InChI=1S/C14H16BrNO3S2/c1-3-19-12-6-4-11(5-7-12)10(2)16-21(17,18)14-9-8-13(15)20-14/h4-10,16H,3H2,1-2H3. The number of ether oxygens (including phenoxy) is 1. The van der Waals surface area contributed by atoms with Crippen molar-refractivity contribution in [1.82, 2.24) is 4.72 Å². The number of sulfonamides is 1. The lowest BCUT2D eigenvalue weighted by molar-refractivity contribution is 0.340. The van der Waals surface area contributed by atoms with Crippen LogP contribution in [0, 0.1) is 0 Å². The number of thiophene rings is 1. The van der Waals surface area contributed by atoms with Gasteiger partial charge in [0.2, 0.25) is 0 Å². The van der Waals surface area contributed by atoms with Crippen molar-refractivity contribution in [3.8, 4) is 5.75 Å². The maximum atomic E-state index is 12.3. The molecule has 0 fully saturated rings. The number of benzene rings is 1. The first-order chi connectivity index (χ1) is 9.92. The number of halogens is 1. The molecule has 0 radical (unpaired) electrons. The van der Waals surface area contributed by atoms with E-state index in [1.54, 1.807) is 12.1 Å². The van der Waals surface area contributed by atoms with Crippen LogP contribution in [0.3, 0.4) is 0 Å². The van der Waals surface area contributed by atoms with Crippen LogP contribution < -0.4 is 9.46 Å². The summed E-state index contributed by atoms with van der Waals surface area (Å²) in [5.74, 6) is 0.776. The molecule has 0 spiro atoms. The highest BCUT2D eigenvalue weighted by Gasteiger charge is 2.20. The Balaban J connectivity index is 2.11. The summed E-state index contributed by atoms with van der Waals surface area (Å²) in [5, 5.41) is 0. The molecule has 1 aromatic carbocycles. The van der Waals surface area contributed by atoms with E-state index in [-0.39, 0.29) is 6.04 Å². The lowest BCUT2D eigenvalue weighted by atomic mass is 10.1. The molecule has 0 aliphatic carbocycles. The van der Waals surface area contributed by atoms with Gasteiger partial charge in [-0.1, -0.05) is 12.1 Å². The molecule has 0 bridgehead atoms. The van der Waals surface area contributed by atoms with Gasteiger partial charge < -0.3 is 4.74 Å². The first kappa shape index (κ1) is 16.5. The fraction of sp³-hybridized carbons (Fsp3) is 0.286. The predicted octanol–water partition coefficient (Wildman–Crippen LogP) is 3.95. The van der Waals surface area contributed by atoms with Crippen molar-refractivity contribution in [2.75, 3.05) is 6.61 Å². The van der Waals surface area contributed by atoms with Gasteiger partial charge in [0.25, 0.3) is 10.0 Å². The Morgan fingerprint density at radius 1 is 1.24 bits per heavy atom. The molecule has 0 saturated carbocycles. The van der Waals surface area contributed by atoms with Crippen LogP contribution in [0.25, 0.3) is 0 Å². The summed E-state index contributed by atoms with van der Waals surface area (Å²) >= 11 is 4.46. The smallest absolute Gasteiger partial charge is 0.250 e. The average molecular weight is 390 g/mol. The molecular weight excluding hydrogens is 374 g/mol. The second kappa shape index (κ2) is 6.91. The van der Waals surface area contributed by atoms with Gasteiger partial charge in [0.1, 0.15) is 9.96 Å². The second-order valence-corrected chi connectivity index (χ2v) is 8.81. The molecule has 2 rings (SSSR count). The van der Waals surface area contributed by atoms with Gasteiger partial charge in [0.05, 0.1) is 10.4 Å². The lowest BCUT2D eigenvalue weighted by Crippen LogP contribution is -2.26. The highest BCUT2D eigenvalue weighted by atomic mass is 79.9. The largest absolute Gasteiger partial charge is 0.494 e. The fourth-order valence-electron chi connectivity index (χ4n) is 1.82. The third-order valence-electron chi connectivity index (χ3n) is 2.84. The average Bonchev–Trinajstić information content (AvgIpc) is 2.87. The van der Waals surface area contributed by atoms with E-state index in [4.69, 9.17) is 4.74 Å². The molecule has 1 unspecified atom stereocenters. The van der Waals surface area contributed by atoms with Crippen LogP contribution in [0.15, 0.2) is 44.4 Å². The quantitative estimate of drug-likeness (QED) is 0.813. The van der Waals surface area contributed by atoms with Crippen molar-refractivity contribution < 1.29 is 13.2 Å². The van der Waals surface area contributed by atoms with E-state index in [0.29, 0.717) is 10.8 Å². The van der Waals surface area contributed by atoms with E-state index in [9.17, 15) is 8.42 Å². The topological polar surface area (TPSA) is 55.4 Å². The minimum atomic E-state index is -3.50. The molecule has 1 N–H and O–H groups in total. The van der Waals surface area contributed by atoms with E-state index in [1.165, 1.54) is 11.3 Å². The molecule has 2 aromatic rings. The highest BCUT2D eigenvalue weighted by molar-refractivity contribution is 9.11. The van der Waals surface area contributed by atoms with Gasteiger partial charge in [-0.25, -0.2) is 13.1 Å². The molecule has 0 amide bonds. The molecule has 1 heterocycles. The first-order valence-corrected chi connectivity index (χ1v) is 9.52. The number of nitrogens with one attached hydrogen (secondary N) is 1. The molecule has 4 nitrogen and oxygen atoms in total. The molecule has 0 aliphatic rings. The van der Waals surface area contributed by atoms with Crippen molar-refractivity contribution in [2.24, 2.45) is 0 Å². The maximum Gasteiger partial charge on any atom is 0.250 e. The maximum absolute atomic E-state index is 12.3. The molecule has 0 saturated heterocycles. The normalized spacial score (nSPS) is 13.1. The Labute approximate surface area is 137 Å². The number of hydrogen-bond donors (Lipinski definition) is 1. The molecule has 7 heteroatoms. The van der Waals surface area contributed by atoms with Crippen LogP contribution in [0.5, 0.6) is 5.75 Å². The van der Waals surface area contributed by atoms with Gasteiger partial charge in [-0.15, -0.1) is 11.3 Å². The summed E-state index contributed by atoms with van der Waals surface area (Å²) in [5.41, 5.74) is 0.887. The zero-order valence-electron chi connectivity index (χ0n) is 11.7. The van der Waals surface area contributed by atoms with Crippen molar-refractivity contribution in [2.45, 2.75) is 24.1 Å². The van der Waals surface area contributed by atoms with E-state index in [1.807, 2.05) is 38.1 Å². The van der Waals surface area contributed by atoms with Crippen LogP contribution in [0.4, 0.5) is 0 Å². The molecule has 0 aliphatic heterocycles. The van der Waals surface area contributed by atoms with Crippen LogP contribution in [-0.2, 0) is 10.0 Å². The molecule has 21 heavy (non-hydrogen) atoms. The fourth-order valence-corrected chi connectivity index (χ4v) is 5.08. The number of hydrogen-bond acceptors (Lipinski definition) is 4. The van der Waals surface area contributed by atoms with Crippen molar-refractivity contribution >= 4 is 37.3 Å². The second-order valence-electron chi connectivity index (χ2n) is 4.40. The summed E-state index contributed by atoms with van der Waals surface area (Å²) in [6, 6.07) is 10.4. The van der Waals surface area contributed by atoms with Crippen LogP contribution in [-0.4, -0.2) is 15.0 Å². The summed E-state index contributed by atoms with van der Waals surface area (Å²) in [7, 11) is -3.50. The van der Waals surface area contributed by atoms with Crippen molar-refractivity contribution in [1.29, 1.82) is 0 Å². The van der Waals surface area contributed by atoms with Gasteiger partial charge >= 0.3 is 0 Å². The van der Waals surface area contributed by atoms with Crippen LogP contribution in [0.2, 0.25) is 0 Å². The van der Waals surface area contributed by atoms with E-state index < -0.39 is 10.0 Å². The molecule has 114 valence electrons. The Morgan fingerprint density at radius 2 is 1.90 bits per heavy atom. The van der Waals surface area contributed by atoms with Crippen LogP contribution in [0.1, 0.15) is 25.5 Å². The van der Waals surface area contributed by atoms with Gasteiger partial charge in [0, 0.05) is 6.04 Å². The first-order valence-electron chi connectivity index (χ1n) is 6.43. The minimum absolute atomic E-state index is 0.298. The Morgan fingerprint density at radius 3 is 2.43 bits per heavy atom. The van der Waals surface area contributed by atoms with Gasteiger partial charge in [-0.05, 0) is 59.6 Å². The van der Waals surface area contributed by atoms with E-state index in [0.717, 1.165) is 15.1 Å². The SMILES string of the molecule is CCOc1ccc(C(C)NS(=O)(=O)c2ccc(Br)s2)cc1. The summed E-state index contributed by atoms with van der Waals surface area (Å²) in [6.45, 7) is 4.34. The Kier molecular flexibility index (Phi) is 5.43. The van der Waals surface area contributed by atoms with Gasteiger partial charge in [-0.3, -0.25) is 0 Å². The Hall–Kier alpha value is -0.890. The minimum Gasteiger partial charge on any atom is -0.494 e. The van der Waals surface area contributed by atoms with Gasteiger partial charge in [-0.2, -0.15) is 0 Å². The summed E-state index contributed by atoms with van der Waals surface area (Å²) in [6.07, 6.45) is 0. The summed E-state index contributed by atoms with van der Waals surface area (Å²) < 4.78 is 33.6. The van der Waals surface area contributed by atoms with Crippen LogP contribution >= 0.6 is 27.3 Å². The van der Waals surface area contributed by atoms with Crippen molar-refractivity contribution in [3.05, 3.63) is 45.7 Å². The molecule has 1 atom stereocenters. The molecular formula is C14H16BrNO3S2. The molecule has 1 aromatic heterocycles. The third kappa shape index (κ3) is 4.29. The number of rotatable bonds is 6. The van der Waals surface area contributed by atoms with Gasteiger partial charge in [0.15, 0.2) is 0 Å². The predicted molar refractivity (Wildman–Crippen MR) is 88.4 cm³/mol. The lowest BCUT2D eigenvalue weighted by Gasteiger charge is -2.14.